The summed E-state index contributed by atoms with van der Waals surface area (Å²) in [6.07, 6.45) is 5.21. The molecule has 7 nitrogen and oxygen atoms in total. The van der Waals surface area contributed by atoms with Crippen molar-refractivity contribution < 1.29 is 18.3 Å². The number of benzene rings is 1. The van der Waals surface area contributed by atoms with Crippen molar-refractivity contribution in [1.29, 1.82) is 0 Å². The Morgan fingerprint density at radius 2 is 2.04 bits per heavy atom. The summed E-state index contributed by atoms with van der Waals surface area (Å²) in [6, 6.07) is 7.16. The number of aromatic nitrogens is 2. The van der Waals surface area contributed by atoms with Gasteiger partial charge in [0.1, 0.15) is 17.4 Å². The second kappa shape index (κ2) is 9.11. The number of halogens is 2. The van der Waals surface area contributed by atoms with Gasteiger partial charge in [-0.15, -0.1) is 0 Å². The van der Waals surface area contributed by atoms with E-state index in [1.165, 1.54) is 24.6 Å². The Kier molecular flexibility index (Phi) is 6.35. The number of nitrogens with one attached hydrogen (secondary N) is 2. The molecule has 9 heteroatoms. The second-order valence-electron chi connectivity index (χ2n) is 6.09. The minimum Gasteiger partial charge on any atom is -0.435 e. The van der Waals surface area contributed by atoms with Crippen molar-refractivity contribution in [3.8, 4) is 5.75 Å². The summed E-state index contributed by atoms with van der Waals surface area (Å²) in [5, 5.41) is 5.22. The van der Waals surface area contributed by atoms with E-state index in [0.29, 0.717) is 11.5 Å². The summed E-state index contributed by atoms with van der Waals surface area (Å²) >= 11 is 0. The fourth-order valence-electron chi connectivity index (χ4n) is 2.86. The summed E-state index contributed by atoms with van der Waals surface area (Å²) in [5.41, 5.74) is 0.341. The number of alkyl halides is 2. The predicted molar refractivity (Wildman–Crippen MR) is 97.0 cm³/mol. The van der Waals surface area contributed by atoms with Gasteiger partial charge in [-0.25, -0.2) is 14.8 Å². The summed E-state index contributed by atoms with van der Waals surface area (Å²) in [4.78, 5) is 22.9. The zero-order valence-electron chi connectivity index (χ0n) is 14.7. The summed E-state index contributed by atoms with van der Waals surface area (Å²) in [6.45, 7) is -0.817. The third kappa shape index (κ3) is 5.77. The van der Waals surface area contributed by atoms with Crippen molar-refractivity contribution >= 4 is 17.5 Å². The molecule has 0 bridgehead atoms. The molecule has 2 heterocycles. The number of rotatable bonds is 6. The summed E-state index contributed by atoms with van der Waals surface area (Å²) in [7, 11) is 0. The minimum atomic E-state index is -2.92. The van der Waals surface area contributed by atoms with Gasteiger partial charge >= 0.3 is 12.6 Å². The van der Waals surface area contributed by atoms with Crippen LogP contribution in [0.3, 0.4) is 0 Å². The number of urea groups is 1. The highest BCUT2D eigenvalue weighted by Gasteiger charge is 2.13. The monoisotopic (exact) mass is 377 g/mol. The Bertz CT molecular complexity index is 769. The minimum absolute atomic E-state index is 0.0274. The number of ether oxygens (including phenoxy) is 1. The molecular formula is C18H21F2N5O2. The zero-order valence-corrected chi connectivity index (χ0v) is 14.7. The molecule has 1 aliphatic rings. The number of amides is 2. The van der Waals surface area contributed by atoms with Crippen LogP contribution in [0.2, 0.25) is 0 Å². The van der Waals surface area contributed by atoms with Crippen LogP contribution in [0, 0.1) is 0 Å². The van der Waals surface area contributed by atoms with Crippen molar-refractivity contribution in [3.63, 3.8) is 0 Å². The molecule has 1 aromatic carbocycles. The van der Waals surface area contributed by atoms with Gasteiger partial charge < -0.3 is 20.3 Å². The van der Waals surface area contributed by atoms with E-state index in [1.54, 1.807) is 12.3 Å². The molecular weight excluding hydrogens is 356 g/mol. The first-order chi connectivity index (χ1) is 13.1. The van der Waals surface area contributed by atoms with Gasteiger partial charge in [-0.2, -0.15) is 8.78 Å². The second-order valence-corrected chi connectivity index (χ2v) is 6.09. The first-order valence-corrected chi connectivity index (χ1v) is 8.77. The maximum atomic E-state index is 12.3. The molecule has 1 saturated heterocycles. The number of carbonyl (C=O) groups is 1. The van der Waals surface area contributed by atoms with E-state index in [4.69, 9.17) is 0 Å². The molecule has 1 aliphatic heterocycles. The Morgan fingerprint density at radius 1 is 1.22 bits per heavy atom. The Balaban J connectivity index is 1.53. The van der Waals surface area contributed by atoms with E-state index in [2.05, 4.69) is 30.2 Å². The lowest BCUT2D eigenvalue weighted by Crippen LogP contribution is -2.31. The lowest BCUT2D eigenvalue weighted by Gasteiger charge is -2.27. The molecule has 0 aliphatic carbocycles. The number of hydrogen-bond donors (Lipinski definition) is 2. The number of carbonyl (C=O) groups excluding carboxylic acids is 1. The number of anilines is 2. The van der Waals surface area contributed by atoms with E-state index in [9.17, 15) is 13.6 Å². The molecule has 2 N–H and O–H groups in total. The average Bonchev–Trinajstić information content (AvgIpc) is 2.67. The van der Waals surface area contributed by atoms with Crippen LogP contribution in [-0.2, 0) is 6.54 Å². The van der Waals surface area contributed by atoms with Crippen LogP contribution in [0.15, 0.2) is 36.5 Å². The van der Waals surface area contributed by atoms with Gasteiger partial charge in [-0.05, 0) is 37.5 Å². The summed E-state index contributed by atoms with van der Waals surface area (Å²) < 4.78 is 28.8. The molecule has 0 spiro atoms. The van der Waals surface area contributed by atoms with Crippen LogP contribution < -0.4 is 20.3 Å². The van der Waals surface area contributed by atoms with Crippen LogP contribution >= 0.6 is 0 Å². The molecule has 2 aromatic rings. The van der Waals surface area contributed by atoms with E-state index < -0.39 is 12.6 Å². The number of nitrogens with zero attached hydrogens (tertiary/aromatic N) is 3. The molecule has 144 valence electrons. The van der Waals surface area contributed by atoms with Crippen LogP contribution in [0.4, 0.5) is 25.1 Å². The fraction of sp³-hybridized carbons (Fsp3) is 0.389. The Hall–Kier alpha value is -2.97. The quantitative estimate of drug-likeness (QED) is 0.807. The van der Waals surface area contributed by atoms with Gasteiger partial charge in [0, 0.05) is 31.0 Å². The van der Waals surface area contributed by atoms with Crippen LogP contribution in [0.25, 0.3) is 0 Å². The normalized spacial score (nSPS) is 14.1. The standard InChI is InChI=1S/C18H21F2N5O2/c19-17(20)27-14-6-4-5-13(11-14)23-18(26)22-12-15-21-8-7-16(24-15)25-9-2-1-3-10-25/h4-8,11,17H,1-3,9-10,12H2,(H2,22,23,26). The lowest BCUT2D eigenvalue weighted by molar-refractivity contribution is -0.0497. The van der Waals surface area contributed by atoms with Gasteiger partial charge in [0.2, 0.25) is 0 Å². The summed E-state index contributed by atoms with van der Waals surface area (Å²) in [5.74, 6) is 1.34. The Morgan fingerprint density at radius 3 is 2.81 bits per heavy atom. The number of piperidine rings is 1. The van der Waals surface area contributed by atoms with Gasteiger partial charge in [-0.1, -0.05) is 6.07 Å². The molecule has 0 unspecified atom stereocenters. The SMILES string of the molecule is O=C(NCc1nccc(N2CCCCC2)n1)Nc1cccc(OC(F)F)c1. The van der Waals surface area contributed by atoms with E-state index in [-0.39, 0.29) is 12.3 Å². The van der Waals surface area contributed by atoms with Crippen molar-refractivity contribution in [2.24, 2.45) is 0 Å². The molecule has 1 fully saturated rings. The van der Waals surface area contributed by atoms with E-state index in [0.717, 1.165) is 31.7 Å². The van der Waals surface area contributed by atoms with Crippen LogP contribution in [-0.4, -0.2) is 35.7 Å². The highest BCUT2D eigenvalue weighted by molar-refractivity contribution is 5.89. The van der Waals surface area contributed by atoms with Crippen molar-refractivity contribution in [3.05, 3.63) is 42.4 Å². The van der Waals surface area contributed by atoms with Crippen LogP contribution in [0.5, 0.6) is 5.75 Å². The van der Waals surface area contributed by atoms with Gasteiger partial charge in [0.15, 0.2) is 0 Å². The third-order valence-electron chi connectivity index (χ3n) is 4.09. The van der Waals surface area contributed by atoms with E-state index >= 15 is 0 Å². The fourth-order valence-corrected chi connectivity index (χ4v) is 2.86. The number of hydrogen-bond acceptors (Lipinski definition) is 5. The van der Waals surface area contributed by atoms with Gasteiger partial charge in [0.25, 0.3) is 0 Å². The molecule has 0 atom stereocenters. The molecule has 0 saturated carbocycles. The topological polar surface area (TPSA) is 79.4 Å². The molecule has 0 radical (unpaired) electrons. The van der Waals surface area contributed by atoms with Crippen molar-refractivity contribution in [2.45, 2.75) is 32.4 Å². The molecule has 3 rings (SSSR count). The van der Waals surface area contributed by atoms with Gasteiger partial charge in [0.05, 0.1) is 6.54 Å². The highest BCUT2D eigenvalue weighted by atomic mass is 19.3. The van der Waals surface area contributed by atoms with Crippen LogP contribution in [0.1, 0.15) is 25.1 Å². The van der Waals surface area contributed by atoms with E-state index in [1.807, 2.05) is 6.07 Å². The maximum absolute atomic E-state index is 12.3. The smallest absolute Gasteiger partial charge is 0.387 e. The van der Waals surface area contributed by atoms with Crippen molar-refractivity contribution in [2.75, 3.05) is 23.3 Å². The highest BCUT2D eigenvalue weighted by Crippen LogP contribution is 2.19. The van der Waals surface area contributed by atoms with Crippen molar-refractivity contribution in [1.82, 2.24) is 15.3 Å². The molecule has 1 aromatic heterocycles. The lowest BCUT2D eigenvalue weighted by atomic mass is 10.1. The molecule has 2 amide bonds. The zero-order chi connectivity index (χ0) is 19.1. The first kappa shape index (κ1) is 18.8. The Labute approximate surface area is 155 Å². The predicted octanol–water partition coefficient (Wildman–Crippen LogP) is 3.39. The largest absolute Gasteiger partial charge is 0.435 e. The third-order valence-corrected chi connectivity index (χ3v) is 4.09. The van der Waals surface area contributed by atoms with Gasteiger partial charge in [-0.3, -0.25) is 0 Å². The maximum Gasteiger partial charge on any atom is 0.387 e. The first-order valence-electron chi connectivity index (χ1n) is 8.77. The molecule has 27 heavy (non-hydrogen) atoms. The average molecular weight is 377 g/mol.